The van der Waals surface area contributed by atoms with Crippen molar-refractivity contribution in [1.29, 1.82) is 0 Å². The summed E-state index contributed by atoms with van der Waals surface area (Å²) in [7, 11) is 0. The fourth-order valence-electron chi connectivity index (χ4n) is 1.54. The first-order chi connectivity index (χ1) is 7.08. The predicted octanol–water partition coefficient (Wildman–Crippen LogP) is 3.12. The lowest BCUT2D eigenvalue weighted by molar-refractivity contribution is 0.110. The molecule has 2 atom stereocenters. The molecule has 1 aromatic carbocycles. The van der Waals surface area contributed by atoms with Crippen LogP contribution in [0.5, 0.6) is 0 Å². The van der Waals surface area contributed by atoms with Crippen LogP contribution in [-0.2, 0) is 0 Å². The Morgan fingerprint density at radius 2 is 2.13 bits per heavy atom. The number of rotatable bonds is 4. The largest absolute Gasteiger partial charge is 0.388 e. The van der Waals surface area contributed by atoms with Crippen LogP contribution in [0.25, 0.3) is 0 Å². The SMILES string of the molecule is CCC(CN)C(O)c1cc(Cl)cc(Br)c1. The van der Waals surface area contributed by atoms with Gasteiger partial charge in [-0.2, -0.15) is 0 Å². The zero-order chi connectivity index (χ0) is 11.4. The first-order valence-corrected chi connectivity index (χ1v) is 6.09. The second-order valence-corrected chi connectivity index (χ2v) is 4.90. The van der Waals surface area contributed by atoms with Crippen molar-refractivity contribution in [2.45, 2.75) is 19.4 Å². The van der Waals surface area contributed by atoms with E-state index in [1.807, 2.05) is 13.0 Å². The summed E-state index contributed by atoms with van der Waals surface area (Å²) in [4.78, 5) is 0. The monoisotopic (exact) mass is 291 g/mol. The summed E-state index contributed by atoms with van der Waals surface area (Å²) in [6.07, 6.45) is 0.303. The third-order valence-electron chi connectivity index (χ3n) is 2.50. The molecule has 15 heavy (non-hydrogen) atoms. The van der Waals surface area contributed by atoms with Gasteiger partial charge in [0.1, 0.15) is 0 Å². The summed E-state index contributed by atoms with van der Waals surface area (Å²) < 4.78 is 0.871. The molecule has 0 spiro atoms. The maximum absolute atomic E-state index is 10.1. The molecule has 2 unspecified atom stereocenters. The van der Waals surface area contributed by atoms with Gasteiger partial charge < -0.3 is 10.8 Å². The molecule has 0 aliphatic heterocycles. The first-order valence-electron chi connectivity index (χ1n) is 4.92. The summed E-state index contributed by atoms with van der Waals surface area (Å²) in [6.45, 7) is 2.49. The van der Waals surface area contributed by atoms with Crippen molar-refractivity contribution >= 4 is 27.5 Å². The van der Waals surface area contributed by atoms with Gasteiger partial charge in [-0.05, 0) is 36.7 Å². The molecule has 0 saturated heterocycles. The van der Waals surface area contributed by atoms with Crippen molar-refractivity contribution in [2.75, 3.05) is 6.54 Å². The molecule has 0 amide bonds. The summed E-state index contributed by atoms with van der Waals surface area (Å²) in [5.41, 5.74) is 6.40. The van der Waals surface area contributed by atoms with Crippen molar-refractivity contribution in [1.82, 2.24) is 0 Å². The molecule has 1 aromatic rings. The van der Waals surface area contributed by atoms with Crippen LogP contribution >= 0.6 is 27.5 Å². The summed E-state index contributed by atoms with van der Waals surface area (Å²) >= 11 is 9.26. The van der Waals surface area contributed by atoms with E-state index in [1.165, 1.54) is 0 Å². The van der Waals surface area contributed by atoms with E-state index in [2.05, 4.69) is 15.9 Å². The first kappa shape index (κ1) is 13.0. The van der Waals surface area contributed by atoms with Crippen LogP contribution in [0.1, 0.15) is 25.0 Å². The van der Waals surface area contributed by atoms with Gasteiger partial charge in [0.15, 0.2) is 0 Å². The second-order valence-electron chi connectivity index (χ2n) is 3.55. The highest BCUT2D eigenvalue weighted by Crippen LogP contribution is 2.28. The van der Waals surface area contributed by atoms with Crippen molar-refractivity contribution in [3.8, 4) is 0 Å². The lowest BCUT2D eigenvalue weighted by Crippen LogP contribution is -2.21. The Bertz CT molecular complexity index is 308. The van der Waals surface area contributed by atoms with Crippen LogP contribution < -0.4 is 5.73 Å². The Hall–Kier alpha value is -0.0900. The van der Waals surface area contributed by atoms with E-state index in [4.69, 9.17) is 17.3 Å². The Balaban J connectivity index is 2.94. The van der Waals surface area contributed by atoms with Gasteiger partial charge in [0.25, 0.3) is 0 Å². The van der Waals surface area contributed by atoms with Crippen molar-refractivity contribution in [2.24, 2.45) is 11.7 Å². The van der Waals surface area contributed by atoms with Gasteiger partial charge in [0.05, 0.1) is 6.10 Å². The number of hydrogen-bond acceptors (Lipinski definition) is 2. The number of halogens is 2. The van der Waals surface area contributed by atoms with Crippen molar-refractivity contribution in [3.05, 3.63) is 33.3 Å². The van der Waals surface area contributed by atoms with Crippen LogP contribution in [0.15, 0.2) is 22.7 Å². The van der Waals surface area contributed by atoms with E-state index in [9.17, 15) is 5.11 Å². The highest BCUT2D eigenvalue weighted by molar-refractivity contribution is 9.10. The minimum absolute atomic E-state index is 0.0790. The predicted molar refractivity (Wildman–Crippen MR) is 66.9 cm³/mol. The summed E-state index contributed by atoms with van der Waals surface area (Å²) in [5, 5.41) is 10.7. The van der Waals surface area contributed by atoms with E-state index in [-0.39, 0.29) is 5.92 Å². The van der Waals surface area contributed by atoms with E-state index in [0.717, 1.165) is 16.5 Å². The van der Waals surface area contributed by atoms with Crippen LogP contribution in [0, 0.1) is 5.92 Å². The van der Waals surface area contributed by atoms with Gasteiger partial charge in [-0.3, -0.25) is 0 Å². The molecule has 0 aliphatic rings. The minimum Gasteiger partial charge on any atom is -0.388 e. The van der Waals surface area contributed by atoms with Crippen LogP contribution in [0.2, 0.25) is 5.02 Å². The quantitative estimate of drug-likeness (QED) is 0.895. The molecule has 3 N–H and O–H groups in total. The molecule has 0 radical (unpaired) electrons. The molecule has 2 nitrogen and oxygen atoms in total. The zero-order valence-electron chi connectivity index (χ0n) is 8.58. The Morgan fingerprint density at radius 3 is 2.60 bits per heavy atom. The van der Waals surface area contributed by atoms with Gasteiger partial charge in [-0.25, -0.2) is 0 Å². The molecule has 0 heterocycles. The smallest absolute Gasteiger partial charge is 0.0831 e. The third kappa shape index (κ3) is 3.45. The molecule has 84 valence electrons. The Morgan fingerprint density at radius 1 is 1.47 bits per heavy atom. The van der Waals surface area contributed by atoms with E-state index in [0.29, 0.717) is 11.6 Å². The Kier molecular flexibility index (Phi) is 5.06. The summed E-state index contributed by atoms with van der Waals surface area (Å²) in [6, 6.07) is 5.44. The topological polar surface area (TPSA) is 46.2 Å². The third-order valence-corrected chi connectivity index (χ3v) is 3.18. The van der Waals surface area contributed by atoms with E-state index in [1.54, 1.807) is 12.1 Å². The number of benzene rings is 1. The molecule has 4 heteroatoms. The van der Waals surface area contributed by atoms with E-state index < -0.39 is 6.10 Å². The molecular formula is C11H15BrClNO. The molecule has 0 aliphatic carbocycles. The molecule has 0 aromatic heterocycles. The van der Waals surface area contributed by atoms with E-state index >= 15 is 0 Å². The van der Waals surface area contributed by atoms with Crippen LogP contribution in [0.3, 0.4) is 0 Å². The second kappa shape index (κ2) is 5.85. The van der Waals surface area contributed by atoms with Gasteiger partial charge >= 0.3 is 0 Å². The standard InChI is InChI=1S/C11H15BrClNO/c1-2-7(6-14)11(15)8-3-9(12)5-10(13)4-8/h3-5,7,11,15H,2,6,14H2,1H3. The van der Waals surface area contributed by atoms with Gasteiger partial charge in [0, 0.05) is 15.4 Å². The number of hydrogen-bond donors (Lipinski definition) is 2. The van der Waals surface area contributed by atoms with Crippen LogP contribution in [-0.4, -0.2) is 11.7 Å². The average molecular weight is 293 g/mol. The molecule has 0 fully saturated rings. The number of aliphatic hydroxyl groups excluding tert-OH is 1. The lowest BCUT2D eigenvalue weighted by Gasteiger charge is -2.20. The fourth-order valence-corrected chi connectivity index (χ4v) is 2.42. The summed E-state index contributed by atoms with van der Waals surface area (Å²) in [5.74, 6) is 0.0790. The van der Waals surface area contributed by atoms with Crippen LogP contribution in [0.4, 0.5) is 0 Å². The van der Waals surface area contributed by atoms with Crippen molar-refractivity contribution < 1.29 is 5.11 Å². The normalized spacial score (nSPS) is 15.0. The molecule has 0 saturated carbocycles. The van der Waals surface area contributed by atoms with Gasteiger partial charge in [-0.15, -0.1) is 0 Å². The molecule has 0 bridgehead atoms. The van der Waals surface area contributed by atoms with Crippen molar-refractivity contribution in [3.63, 3.8) is 0 Å². The highest BCUT2D eigenvalue weighted by atomic mass is 79.9. The maximum atomic E-state index is 10.1. The number of aliphatic hydroxyl groups is 1. The number of nitrogens with two attached hydrogens (primary N) is 1. The average Bonchev–Trinajstić information content (AvgIpc) is 2.18. The minimum atomic E-state index is -0.546. The van der Waals surface area contributed by atoms with Gasteiger partial charge in [0.2, 0.25) is 0 Å². The maximum Gasteiger partial charge on any atom is 0.0831 e. The highest BCUT2D eigenvalue weighted by Gasteiger charge is 2.18. The molecular weight excluding hydrogens is 277 g/mol. The zero-order valence-corrected chi connectivity index (χ0v) is 10.9. The lowest BCUT2D eigenvalue weighted by atomic mass is 9.94. The van der Waals surface area contributed by atoms with Gasteiger partial charge in [-0.1, -0.05) is 34.5 Å². The fraction of sp³-hybridized carbons (Fsp3) is 0.455. The molecule has 1 rings (SSSR count). The Labute approximate surface area is 104 Å².